The molecule has 0 fully saturated rings. The Hall–Kier alpha value is -2.54. The van der Waals surface area contributed by atoms with Crippen LogP contribution in [0.2, 0.25) is 5.02 Å². The Labute approximate surface area is 159 Å². The topological polar surface area (TPSA) is 58.2 Å². The van der Waals surface area contributed by atoms with Crippen LogP contribution in [0.3, 0.4) is 0 Å². The van der Waals surface area contributed by atoms with Gasteiger partial charge in [-0.2, -0.15) is 13.2 Å². The zero-order valence-corrected chi connectivity index (χ0v) is 15.4. The van der Waals surface area contributed by atoms with E-state index in [1.807, 2.05) is 26.0 Å². The van der Waals surface area contributed by atoms with Crippen molar-refractivity contribution < 1.29 is 22.8 Å². The van der Waals surface area contributed by atoms with E-state index in [2.05, 4.69) is 10.6 Å². The van der Waals surface area contributed by atoms with Gasteiger partial charge in [-0.25, -0.2) is 0 Å². The van der Waals surface area contributed by atoms with E-state index in [0.717, 1.165) is 11.6 Å². The lowest BCUT2D eigenvalue weighted by atomic mass is 10.0. The number of hydrogen-bond donors (Lipinski definition) is 2. The Morgan fingerprint density at radius 3 is 2.15 bits per heavy atom. The van der Waals surface area contributed by atoms with Gasteiger partial charge in [0.1, 0.15) is 6.42 Å². The summed E-state index contributed by atoms with van der Waals surface area (Å²) in [5, 5.41) is 4.53. The van der Waals surface area contributed by atoms with E-state index in [4.69, 9.17) is 11.6 Å². The van der Waals surface area contributed by atoms with Crippen molar-refractivity contribution in [2.75, 3.05) is 10.6 Å². The monoisotopic (exact) mass is 398 g/mol. The zero-order valence-electron chi connectivity index (χ0n) is 14.7. The molecule has 2 amide bonds. The molecule has 2 aromatic carbocycles. The summed E-state index contributed by atoms with van der Waals surface area (Å²) in [4.78, 5) is 23.9. The molecule has 2 aromatic rings. The third-order valence-electron chi connectivity index (χ3n) is 3.74. The average Bonchev–Trinajstić information content (AvgIpc) is 2.55. The molecule has 0 atom stereocenters. The summed E-state index contributed by atoms with van der Waals surface area (Å²) in [6, 6.07) is 10.1. The molecule has 0 aliphatic carbocycles. The minimum absolute atomic E-state index is 0.108. The first-order valence-corrected chi connectivity index (χ1v) is 8.50. The largest absolute Gasteiger partial charge is 0.418 e. The van der Waals surface area contributed by atoms with E-state index in [0.29, 0.717) is 17.7 Å². The molecule has 4 nitrogen and oxygen atoms in total. The molecule has 0 saturated carbocycles. The van der Waals surface area contributed by atoms with E-state index in [1.165, 1.54) is 6.07 Å². The molecular formula is C19H18ClF3N2O2. The van der Waals surface area contributed by atoms with Gasteiger partial charge in [0.15, 0.2) is 0 Å². The molecule has 144 valence electrons. The summed E-state index contributed by atoms with van der Waals surface area (Å²) in [7, 11) is 0. The lowest BCUT2D eigenvalue weighted by Crippen LogP contribution is -2.23. The van der Waals surface area contributed by atoms with Gasteiger partial charge >= 0.3 is 6.18 Å². The lowest BCUT2D eigenvalue weighted by molar-refractivity contribution is -0.137. The fraction of sp³-hybridized carbons (Fsp3) is 0.263. The predicted octanol–water partition coefficient (Wildman–Crippen LogP) is 5.45. The van der Waals surface area contributed by atoms with Crippen LogP contribution in [0, 0.1) is 0 Å². The fourth-order valence-corrected chi connectivity index (χ4v) is 2.53. The standard InChI is InChI=1S/C19H18ClF3N2O2/c1-11(2)12-3-6-14(7-4-12)24-17(26)10-18(27)25-16-8-5-13(20)9-15(16)19(21,22)23/h3-9,11H,10H2,1-2H3,(H,24,26)(H,25,27). The van der Waals surface area contributed by atoms with E-state index in [1.54, 1.807) is 12.1 Å². The molecule has 0 unspecified atom stereocenters. The first-order valence-electron chi connectivity index (χ1n) is 8.12. The number of anilines is 2. The van der Waals surface area contributed by atoms with Gasteiger partial charge in [-0.1, -0.05) is 37.6 Å². The highest BCUT2D eigenvalue weighted by Crippen LogP contribution is 2.36. The van der Waals surface area contributed by atoms with Crippen molar-refractivity contribution in [3.8, 4) is 0 Å². The first kappa shape index (κ1) is 20.8. The van der Waals surface area contributed by atoms with Crippen LogP contribution in [0.1, 0.15) is 37.3 Å². The second-order valence-electron chi connectivity index (χ2n) is 6.24. The van der Waals surface area contributed by atoms with Crippen LogP contribution in [-0.4, -0.2) is 11.8 Å². The van der Waals surface area contributed by atoms with Crippen molar-refractivity contribution in [3.63, 3.8) is 0 Å². The van der Waals surface area contributed by atoms with Crippen molar-refractivity contribution >= 4 is 34.8 Å². The van der Waals surface area contributed by atoms with Crippen molar-refractivity contribution in [3.05, 3.63) is 58.6 Å². The van der Waals surface area contributed by atoms with Crippen molar-refractivity contribution in [2.24, 2.45) is 0 Å². The van der Waals surface area contributed by atoms with Crippen molar-refractivity contribution in [1.29, 1.82) is 0 Å². The molecule has 0 aliphatic heterocycles. The summed E-state index contributed by atoms with van der Waals surface area (Å²) in [6.07, 6.45) is -5.31. The van der Waals surface area contributed by atoms with Crippen LogP contribution >= 0.6 is 11.6 Å². The summed E-state index contributed by atoms with van der Waals surface area (Å²) in [6.45, 7) is 4.06. The van der Waals surface area contributed by atoms with Gasteiger partial charge in [0.2, 0.25) is 11.8 Å². The van der Waals surface area contributed by atoms with Gasteiger partial charge in [0.25, 0.3) is 0 Å². The predicted molar refractivity (Wildman–Crippen MR) is 98.9 cm³/mol. The first-order chi connectivity index (χ1) is 12.6. The van der Waals surface area contributed by atoms with Crippen LogP contribution in [0.4, 0.5) is 24.5 Å². The second-order valence-corrected chi connectivity index (χ2v) is 6.67. The molecule has 2 rings (SSSR count). The molecule has 0 aliphatic rings. The number of carbonyl (C=O) groups is 2. The van der Waals surface area contributed by atoms with E-state index in [9.17, 15) is 22.8 Å². The smallest absolute Gasteiger partial charge is 0.326 e. The molecular weight excluding hydrogens is 381 g/mol. The Balaban J connectivity index is 2.00. The van der Waals surface area contributed by atoms with Crippen LogP contribution < -0.4 is 10.6 Å². The third-order valence-corrected chi connectivity index (χ3v) is 3.98. The van der Waals surface area contributed by atoms with Gasteiger partial charge in [-0.15, -0.1) is 0 Å². The van der Waals surface area contributed by atoms with Crippen LogP contribution in [0.15, 0.2) is 42.5 Å². The Morgan fingerprint density at radius 1 is 1.00 bits per heavy atom. The number of nitrogens with one attached hydrogen (secondary N) is 2. The number of benzene rings is 2. The SMILES string of the molecule is CC(C)c1ccc(NC(=O)CC(=O)Nc2ccc(Cl)cc2C(F)(F)F)cc1. The Bertz CT molecular complexity index is 834. The molecule has 0 bridgehead atoms. The minimum Gasteiger partial charge on any atom is -0.326 e. The maximum absolute atomic E-state index is 13.0. The Morgan fingerprint density at radius 2 is 1.59 bits per heavy atom. The maximum atomic E-state index is 13.0. The van der Waals surface area contributed by atoms with Gasteiger partial charge in [0.05, 0.1) is 11.3 Å². The third kappa shape index (κ3) is 5.99. The fourth-order valence-electron chi connectivity index (χ4n) is 2.36. The Kier molecular flexibility index (Phi) is 6.49. The second kappa shape index (κ2) is 8.43. The summed E-state index contributed by atoms with van der Waals surface area (Å²) < 4.78 is 39.1. The zero-order chi connectivity index (χ0) is 20.2. The molecule has 0 aromatic heterocycles. The normalized spacial score (nSPS) is 11.4. The van der Waals surface area contributed by atoms with E-state index in [-0.39, 0.29) is 5.02 Å². The van der Waals surface area contributed by atoms with E-state index < -0.39 is 35.7 Å². The van der Waals surface area contributed by atoms with Gasteiger partial charge < -0.3 is 10.6 Å². The summed E-state index contributed by atoms with van der Waals surface area (Å²) in [5.74, 6) is -1.16. The van der Waals surface area contributed by atoms with E-state index >= 15 is 0 Å². The highest BCUT2D eigenvalue weighted by atomic mass is 35.5. The molecule has 0 heterocycles. The van der Waals surface area contributed by atoms with Crippen LogP contribution in [-0.2, 0) is 15.8 Å². The summed E-state index contributed by atoms with van der Waals surface area (Å²) >= 11 is 5.59. The summed E-state index contributed by atoms with van der Waals surface area (Å²) in [5.41, 5.74) is 0.0619. The van der Waals surface area contributed by atoms with Crippen LogP contribution in [0.25, 0.3) is 0 Å². The lowest BCUT2D eigenvalue weighted by Gasteiger charge is -2.14. The highest BCUT2D eigenvalue weighted by molar-refractivity contribution is 6.30. The number of alkyl halides is 3. The van der Waals surface area contributed by atoms with Gasteiger partial charge in [-0.05, 0) is 41.8 Å². The molecule has 8 heteroatoms. The number of carbonyl (C=O) groups excluding carboxylic acids is 2. The van der Waals surface area contributed by atoms with Gasteiger partial charge in [-0.3, -0.25) is 9.59 Å². The quantitative estimate of drug-likeness (QED) is 0.658. The molecule has 0 spiro atoms. The highest BCUT2D eigenvalue weighted by Gasteiger charge is 2.34. The van der Waals surface area contributed by atoms with Crippen molar-refractivity contribution in [2.45, 2.75) is 32.4 Å². The minimum atomic E-state index is -4.69. The number of amides is 2. The maximum Gasteiger partial charge on any atom is 0.418 e. The average molecular weight is 399 g/mol. The van der Waals surface area contributed by atoms with Gasteiger partial charge in [0, 0.05) is 10.7 Å². The number of rotatable bonds is 5. The number of hydrogen-bond acceptors (Lipinski definition) is 2. The molecule has 0 saturated heterocycles. The molecule has 27 heavy (non-hydrogen) atoms. The number of halogens is 4. The van der Waals surface area contributed by atoms with Crippen molar-refractivity contribution in [1.82, 2.24) is 0 Å². The molecule has 0 radical (unpaired) electrons. The molecule has 2 N–H and O–H groups in total. The van der Waals surface area contributed by atoms with Crippen LogP contribution in [0.5, 0.6) is 0 Å².